The fourth-order valence-corrected chi connectivity index (χ4v) is 5.20. The molecule has 0 spiro atoms. The van der Waals surface area contributed by atoms with Gasteiger partial charge in [0, 0.05) is 15.7 Å². The van der Waals surface area contributed by atoms with E-state index in [0.717, 1.165) is 0 Å². The average molecular weight is 453 g/mol. The molecule has 1 aromatic carbocycles. The van der Waals surface area contributed by atoms with Gasteiger partial charge in [-0.2, -0.15) is 0 Å². The zero-order valence-electron chi connectivity index (χ0n) is 10.3. The van der Waals surface area contributed by atoms with Gasteiger partial charge in [0.1, 0.15) is 0 Å². The maximum atomic E-state index is 11.3. The molecule has 0 aromatic heterocycles. The van der Waals surface area contributed by atoms with Crippen LogP contribution in [-0.4, -0.2) is 24.6 Å². The molecule has 0 aliphatic carbocycles. The van der Waals surface area contributed by atoms with Crippen molar-refractivity contribution in [1.82, 2.24) is 0 Å². The number of thioether (sulfide) groups is 1. The summed E-state index contributed by atoms with van der Waals surface area (Å²) in [5, 5.41) is 2.36. The van der Waals surface area contributed by atoms with Crippen LogP contribution in [-0.2, 0) is 9.84 Å². The van der Waals surface area contributed by atoms with Gasteiger partial charge in [0.05, 0.1) is 15.8 Å². The molecule has 1 unspecified atom stereocenters. The number of hydrogen-bond donors (Lipinski definition) is 2. The standard InChI is InChI=1S/C11H9Cl3N2O2S2.BrH/c12-6-3-8(13)10(9(14)4-6)16-11(15)19-7-1-2-20(17,18)5-7;/h1-4,7H,5H2,(H2,15,16);1H. The van der Waals surface area contributed by atoms with Crippen LogP contribution in [0.1, 0.15) is 0 Å². The van der Waals surface area contributed by atoms with Crippen molar-refractivity contribution >= 4 is 67.3 Å². The number of hydrogen-bond acceptors (Lipinski definition) is 3. The molecule has 0 amide bonds. The monoisotopic (exact) mass is 450 g/mol. The molecule has 1 heterocycles. The van der Waals surface area contributed by atoms with E-state index in [1.54, 1.807) is 6.08 Å². The average Bonchev–Trinajstić information content (AvgIpc) is 2.63. The maximum absolute atomic E-state index is 11.3. The smallest absolute Gasteiger partial charge is 0.307 e. The van der Waals surface area contributed by atoms with E-state index >= 15 is 0 Å². The van der Waals surface area contributed by atoms with Crippen molar-refractivity contribution in [3.63, 3.8) is 0 Å². The molecule has 1 aliphatic rings. The number of benzene rings is 1. The second-order valence-corrected chi connectivity index (χ2v) is 8.51. The van der Waals surface area contributed by atoms with Gasteiger partial charge in [0.25, 0.3) is 0 Å². The Labute approximate surface area is 152 Å². The van der Waals surface area contributed by atoms with Crippen molar-refractivity contribution in [3.8, 4) is 0 Å². The first kappa shape index (κ1) is 19.1. The molecule has 1 aliphatic heterocycles. The third kappa shape index (κ3) is 5.33. The summed E-state index contributed by atoms with van der Waals surface area (Å²) in [5.41, 5.74) is 6.28. The van der Waals surface area contributed by atoms with Crippen molar-refractivity contribution in [2.45, 2.75) is 5.25 Å². The molecule has 0 fully saturated rings. The molecular formula is C11H10BrCl3N2O2S2. The topological polar surface area (TPSA) is 74.1 Å². The zero-order valence-corrected chi connectivity index (χ0v) is 15.8. The highest BCUT2D eigenvalue weighted by Gasteiger charge is 2.25. The summed E-state index contributed by atoms with van der Waals surface area (Å²) in [6.07, 6.45) is 1.60. The molecule has 1 atom stereocenters. The normalized spacial score (nSPS) is 20.3. The second kappa shape index (κ2) is 7.57. The van der Waals surface area contributed by atoms with Crippen LogP contribution in [0, 0.1) is 0 Å². The highest BCUT2D eigenvalue weighted by Crippen LogP contribution is 2.30. The van der Waals surface area contributed by atoms with Crippen LogP contribution in [0.2, 0.25) is 15.1 Å². The van der Waals surface area contributed by atoms with Crippen molar-refractivity contribution in [3.05, 3.63) is 38.7 Å². The molecule has 1 aromatic rings. The highest BCUT2D eigenvalue weighted by molar-refractivity contribution is 8.15. The lowest BCUT2D eigenvalue weighted by atomic mass is 10.3. The largest absolute Gasteiger partial charge is 1.00 e. The molecule has 2 rings (SSSR count). The lowest BCUT2D eigenvalue weighted by Crippen LogP contribution is -3.00. The van der Waals surface area contributed by atoms with Crippen LogP contribution in [0.4, 0.5) is 5.69 Å². The molecule has 4 nitrogen and oxygen atoms in total. The van der Waals surface area contributed by atoms with Crippen LogP contribution < -0.4 is 27.7 Å². The molecule has 0 radical (unpaired) electrons. The molecule has 0 saturated carbocycles. The summed E-state index contributed by atoms with van der Waals surface area (Å²) in [5.74, 6) is 0.0299. The van der Waals surface area contributed by atoms with Crippen LogP contribution in [0.3, 0.4) is 0 Å². The van der Waals surface area contributed by atoms with Gasteiger partial charge in [0.2, 0.25) is 0 Å². The van der Waals surface area contributed by atoms with Crippen LogP contribution in [0.5, 0.6) is 0 Å². The van der Waals surface area contributed by atoms with Crippen molar-refractivity contribution in [1.29, 1.82) is 0 Å². The van der Waals surface area contributed by atoms with Gasteiger partial charge in [-0.05, 0) is 23.9 Å². The summed E-state index contributed by atoms with van der Waals surface area (Å²) in [6, 6.07) is 3.07. The lowest BCUT2D eigenvalue weighted by molar-refractivity contribution is -0.350. The molecule has 21 heavy (non-hydrogen) atoms. The first-order chi connectivity index (χ1) is 9.27. The van der Waals surface area contributed by atoms with Crippen LogP contribution in [0.25, 0.3) is 0 Å². The summed E-state index contributed by atoms with van der Waals surface area (Å²) >= 11 is 19.0. The number of halogens is 4. The minimum Gasteiger partial charge on any atom is -1.00 e. The third-order valence-corrected chi connectivity index (χ3v) is 5.83. The van der Waals surface area contributed by atoms with Crippen LogP contribution in [0.15, 0.2) is 23.6 Å². The Morgan fingerprint density at radius 3 is 2.33 bits per heavy atom. The van der Waals surface area contributed by atoms with Gasteiger partial charge in [-0.3, -0.25) is 5.73 Å². The van der Waals surface area contributed by atoms with E-state index in [1.165, 1.54) is 29.3 Å². The minimum absolute atomic E-state index is 0. The van der Waals surface area contributed by atoms with Gasteiger partial charge >= 0.3 is 5.17 Å². The van der Waals surface area contributed by atoms with E-state index < -0.39 is 9.84 Å². The van der Waals surface area contributed by atoms with Crippen LogP contribution >= 0.6 is 46.6 Å². The van der Waals surface area contributed by atoms with Gasteiger partial charge in [0.15, 0.2) is 15.5 Å². The highest BCUT2D eigenvalue weighted by atomic mass is 79.9. The maximum Gasteiger partial charge on any atom is 0.307 e. The molecular weight excluding hydrogens is 443 g/mol. The number of nitrogens with two attached hydrogens (primary N) is 1. The molecule has 3 N–H and O–H groups in total. The fraction of sp³-hybridized carbons (Fsp3) is 0.182. The number of sulfone groups is 1. The quantitative estimate of drug-likeness (QED) is 0.433. The predicted octanol–water partition coefficient (Wildman–Crippen LogP) is -1.28. The molecule has 0 saturated heterocycles. The summed E-state index contributed by atoms with van der Waals surface area (Å²) in [6.45, 7) is 0. The van der Waals surface area contributed by atoms with E-state index in [1.807, 2.05) is 0 Å². The van der Waals surface area contributed by atoms with E-state index in [0.29, 0.717) is 25.9 Å². The van der Waals surface area contributed by atoms with E-state index in [2.05, 4.69) is 4.99 Å². The van der Waals surface area contributed by atoms with Gasteiger partial charge in [-0.25, -0.2) is 13.4 Å². The predicted molar refractivity (Wildman–Crippen MR) is 85.6 cm³/mol. The number of rotatable bonds is 2. The van der Waals surface area contributed by atoms with E-state index in [4.69, 9.17) is 40.5 Å². The Morgan fingerprint density at radius 2 is 1.86 bits per heavy atom. The Bertz CT molecular complexity index is 684. The van der Waals surface area contributed by atoms with Gasteiger partial charge < -0.3 is 17.0 Å². The Kier molecular flexibility index (Phi) is 6.89. The van der Waals surface area contributed by atoms with E-state index in [-0.39, 0.29) is 28.0 Å². The van der Waals surface area contributed by atoms with Gasteiger partial charge in [-0.15, -0.1) is 0 Å². The Morgan fingerprint density at radius 1 is 1.29 bits per heavy atom. The Balaban J connectivity index is 0.00000220. The summed E-state index contributed by atoms with van der Waals surface area (Å²) < 4.78 is 22.6. The van der Waals surface area contributed by atoms with Gasteiger partial charge in [-0.1, -0.05) is 40.9 Å². The molecule has 0 bridgehead atoms. The SMILES string of the molecule is NC(=[NH+]c1c(Cl)cc(Cl)cc1Cl)SC1C=CS(=O)(=O)C1.[Br-]. The molecule has 116 valence electrons. The minimum atomic E-state index is -3.10. The summed E-state index contributed by atoms with van der Waals surface area (Å²) in [4.78, 5) is 2.87. The number of nitrogens with one attached hydrogen (secondary N) is 1. The van der Waals surface area contributed by atoms with E-state index in [9.17, 15) is 8.42 Å². The first-order valence-electron chi connectivity index (χ1n) is 5.38. The first-order valence-corrected chi connectivity index (χ1v) is 9.11. The van der Waals surface area contributed by atoms with Crippen molar-refractivity contribution in [2.24, 2.45) is 5.73 Å². The fourth-order valence-electron chi connectivity index (χ4n) is 1.60. The number of amidine groups is 1. The second-order valence-electron chi connectivity index (χ2n) is 4.05. The Hall–Kier alpha value is 0.0800. The third-order valence-electron chi connectivity index (χ3n) is 2.43. The zero-order chi connectivity index (χ0) is 14.9. The molecule has 10 heteroatoms. The summed E-state index contributed by atoms with van der Waals surface area (Å²) in [7, 11) is -3.10. The van der Waals surface area contributed by atoms with Crippen molar-refractivity contribution in [2.75, 3.05) is 5.75 Å². The van der Waals surface area contributed by atoms with Crippen molar-refractivity contribution < 1.29 is 30.4 Å². The lowest BCUT2D eigenvalue weighted by Gasteiger charge is -2.04.